The number of aromatic nitrogens is 2. The minimum atomic E-state index is -2.80. The molecule has 10 nitrogen and oxygen atoms in total. The summed E-state index contributed by atoms with van der Waals surface area (Å²) in [6, 6.07) is 24.0. The van der Waals surface area contributed by atoms with E-state index in [1.165, 1.54) is 0 Å². The molecular formula is C37H44F2N2O8Si. The van der Waals surface area contributed by atoms with E-state index in [9.17, 15) is 19.1 Å². The number of hydrogen-bond acceptors (Lipinski definition) is 8. The van der Waals surface area contributed by atoms with Crippen LogP contribution in [0.4, 0.5) is 8.78 Å². The Labute approximate surface area is 290 Å². The third kappa shape index (κ3) is 6.80. The Morgan fingerprint density at radius 2 is 1.42 bits per heavy atom. The first-order valence-electron chi connectivity index (χ1n) is 16.2. The minimum Gasteiger partial charge on any atom is -0.497 e. The summed E-state index contributed by atoms with van der Waals surface area (Å²) in [6.45, 7) is 8.54. The van der Waals surface area contributed by atoms with Crippen LogP contribution in [0.2, 0.25) is 18.1 Å². The first-order valence-corrected chi connectivity index (χ1v) is 19.1. The van der Waals surface area contributed by atoms with E-state index in [0.717, 1.165) is 0 Å². The summed E-state index contributed by atoms with van der Waals surface area (Å²) in [5.74, 6) is -0.0797. The first-order chi connectivity index (χ1) is 23.6. The average Bonchev–Trinajstić information content (AvgIpc) is 3.37. The van der Waals surface area contributed by atoms with E-state index in [2.05, 4.69) is 0 Å². The van der Waals surface area contributed by atoms with Crippen LogP contribution in [0.5, 0.6) is 11.5 Å². The maximum atomic E-state index is 16.9. The standard InChI is InChI=1S/C37H44F2N2O8Si/c1-35(2,3)50(6,7)49-31-30(39)33(41-21-29(38)32(43)40-34(41)44)48-36(31,22-42)23-47-37(24-11-9-8-10-12-24,25-13-17-27(45-4)18-14-25)26-15-19-28(46-5)20-16-26/h8-21,30-31,33,42H,22-23H2,1-7H3,(H,40,43,44)/t30-,31-,33+,36-/m0/s1. The number of H-pyrrole nitrogens is 1. The molecule has 3 aromatic carbocycles. The lowest BCUT2D eigenvalue weighted by atomic mass is 9.79. The van der Waals surface area contributed by atoms with Crippen molar-refractivity contribution in [1.29, 1.82) is 0 Å². The van der Waals surface area contributed by atoms with Crippen molar-refractivity contribution in [2.24, 2.45) is 0 Å². The van der Waals surface area contributed by atoms with Crippen LogP contribution >= 0.6 is 0 Å². The number of rotatable bonds is 12. The van der Waals surface area contributed by atoms with Gasteiger partial charge in [-0.25, -0.2) is 9.18 Å². The van der Waals surface area contributed by atoms with Crippen LogP contribution in [0.1, 0.15) is 43.7 Å². The summed E-state index contributed by atoms with van der Waals surface area (Å²) in [5, 5.41) is 10.8. The third-order valence-electron chi connectivity index (χ3n) is 9.84. The number of ether oxygens (including phenoxy) is 4. The molecule has 1 saturated heterocycles. The van der Waals surface area contributed by atoms with E-state index in [1.807, 2.05) is 93.4 Å². The van der Waals surface area contributed by atoms with Crippen LogP contribution < -0.4 is 20.7 Å². The van der Waals surface area contributed by atoms with E-state index in [0.29, 0.717) is 39.0 Å². The maximum Gasteiger partial charge on any atom is 0.330 e. The number of nitrogens with one attached hydrogen (secondary N) is 1. The normalized spacial score (nSPS) is 21.3. The Morgan fingerprint density at radius 1 is 0.900 bits per heavy atom. The SMILES string of the molecule is COc1ccc(C(OC[C@]2(CO)O[C@@H](n3cc(F)c(=O)[nH]c3=O)[C@@H](F)[C@@H]2O[Si](C)(C)C(C)(C)C)(c2ccccc2)c2ccc(OC)cc2)cc1. The van der Waals surface area contributed by atoms with Gasteiger partial charge in [-0.2, -0.15) is 4.39 Å². The molecule has 50 heavy (non-hydrogen) atoms. The predicted octanol–water partition coefficient (Wildman–Crippen LogP) is 5.69. The van der Waals surface area contributed by atoms with Crippen molar-refractivity contribution in [1.82, 2.24) is 9.55 Å². The fourth-order valence-corrected chi connectivity index (χ4v) is 7.27. The van der Waals surface area contributed by atoms with Crippen LogP contribution in [0.3, 0.4) is 0 Å². The molecule has 1 aliphatic heterocycles. The molecule has 4 atom stereocenters. The highest BCUT2D eigenvalue weighted by atomic mass is 28.4. The number of benzene rings is 3. The summed E-state index contributed by atoms with van der Waals surface area (Å²) in [6.07, 6.45) is -4.73. The lowest BCUT2D eigenvalue weighted by Gasteiger charge is -2.44. The molecule has 13 heteroatoms. The van der Waals surface area contributed by atoms with Gasteiger partial charge in [-0.15, -0.1) is 0 Å². The maximum absolute atomic E-state index is 16.9. The quantitative estimate of drug-likeness (QED) is 0.142. The number of hydrogen-bond donors (Lipinski definition) is 2. The molecule has 2 N–H and O–H groups in total. The molecule has 0 spiro atoms. The van der Waals surface area contributed by atoms with Crippen molar-refractivity contribution in [2.45, 2.75) is 68.6 Å². The first kappa shape index (κ1) is 37.1. The molecule has 2 heterocycles. The van der Waals surface area contributed by atoms with Crippen LogP contribution in [-0.2, 0) is 19.5 Å². The molecule has 0 amide bonds. The topological polar surface area (TPSA) is 121 Å². The van der Waals surface area contributed by atoms with Crippen LogP contribution in [0, 0.1) is 5.82 Å². The van der Waals surface area contributed by atoms with Crippen molar-refractivity contribution in [2.75, 3.05) is 27.4 Å². The average molecular weight is 711 g/mol. The summed E-state index contributed by atoms with van der Waals surface area (Å²) in [7, 11) is 0.324. The Balaban J connectivity index is 1.70. The van der Waals surface area contributed by atoms with Gasteiger partial charge in [-0.1, -0.05) is 75.4 Å². The van der Waals surface area contributed by atoms with Crippen molar-refractivity contribution >= 4 is 8.32 Å². The Morgan fingerprint density at radius 3 is 1.90 bits per heavy atom. The molecule has 0 saturated carbocycles. The monoisotopic (exact) mass is 710 g/mol. The molecule has 1 aliphatic rings. The van der Waals surface area contributed by atoms with Crippen molar-refractivity contribution in [3.05, 3.63) is 128 Å². The van der Waals surface area contributed by atoms with E-state index in [1.54, 1.807) is 38.5 Å². The second kappa shape index (κ2) is 14.2. The van der Waals surface area contributed by atoms with Crippen molar-refractivity contribution in [3.63, 3.8) is 0 Å². The third-order valence-corrected chi connectivity index (χ3v) is 14.3. The van der Waals surface area contributed by atoms with Gasteiger partial charge in [0.2, 0.25) is 5.82 Å². The molecule has 0 radical (unpaired) electrons. The van der Waals surface area contributed by atoms with Gasteiger partial charge >= 0.3 is 5.69 Å². The van der Waals surface area contributed by atoms with Crippen LogP contribution in [-0.4, -0.2) is 68.3 Å². The summed E-state index contributed by atoms with van der Waals surface area (Å²) >= 11 is 0. The molecule has 4 aromatic rings. The molecule has 1 aromatic heterocycles. The highest BCUT2D eigenvalue weighted by Gasteiger charge is 2.61. The lowest BCUT2D eigenvalue weighted by molar-refractivity contribution is -0.176. The van der Waals surface area contributed by atoms with Crippen LogP contribution in [0.25, 0.3) is 0 Å². The molecule has 268 valence electrons. The fourth-order valence-electron chi connectivity index (χ4n) is 5.93. The van der Waals surface area contributed by atoms with Gasteiger partial charge in [-0.3, -0.25) is 14.3 Å². The molecule has 0 unspecified atom stereocenters. The van der Waals surface area contributed by atoms with Crippen molar-refractivity contribution < 1.29 is 37.3 Å². The van der Waals surface area contributed by atoms with Gasteiger partial charge < -0.3 is 28.5 Å². The van der Waals surface area contributed by atoms with E-state index >= 15 is 4.39 Å². The molecule has 0 bridgehead atoms. The zero-order chi connectivity index (χ0) is 36.5. The number of methoxy groups -OCH3 is 2. The lowest BCUT2D eigenvalue weighted by Crippen LogP contribution is -2.57. The Kier molecular flexibility index (Phi) is 10.6. The zero-order valence-electron chi connectivity index (χ0n) is 29.2. The molecule has 5 rings (SSSR count). The van der Waals surface area contributed by atoms with Gasteiger partial charge in [0, 0.05) is 0 Å². The highest BCUT2D eigenvalue weighted by molar-refractivity contribution is 6.74. The van der Waals surface area contributed by atoms with Gasteiger partial charge in [0.15, 0.2) is 20.7 Å². The predicted molar refractivity (Wildman–Crippen MR) is 186 cm³/mol. The molecular weight excluding hydrogens is 666 g/mol. The number of aliphatic hydroxyl groups is 1. The fraction of sp³-hybridized carbons (Fsp3) is 0.405. The van der Waals surface area contributed by atoms with Gasteiger partial charge in [-0.05, 0) is 59.1 Å². The van der Waals surface area contributed by atoms with Gasteiger partial charge in [0.1, 0.15) is 28.8 Å². The van der Waals surface area contributed by atoms with Crippen LogP contribution in [0.15, 0.2) is 94.6 Å². The second-order valence-corrected chi connectivity index (χ2v) is 18.7. The summed E-state index contributed by atoms with van der Waals surface area (Å²) in [4.78, 5) is 26.6. The minimum absolute atomic E-state index is 0.395. The van der Waals surface area contributed by atoms with Crippen molar-refractivity contribution in [3.8, 4) is 11.5 Å². The Hall–Kier alpha value is -4.14. The number of nitrogens with zero attached hydrogens (tertiary/aromatic N) is 1. The number of halogens is 2. The molecule has 1 fully saturated rings. The number of aliphatic hydroxyl groups excluding tert-OH is 1. The second-order valence-electron chi connectivity index (χ2n) is 13.9. The van der Waals surface area contributed by atoms with E-state index in [4.69, 9.17) is 23.4 Å². The summed E-state index contributed by atoms with van der Waals surface area (Å²) < 4.78 is 62.9. The smallest absolute Gasteiger partial charge is 0.330 e. The van der Waals surface area contributed by atoms with E-state index < -0.39 is 73.3 Å². The number of aromatic amines is 1. The molecule has 0 aliphatic carbocycles. The van der Waals surface area contributed by atoms with Gasteiger partial charge in [0.05, 0.1) is 33.6 Å². The Bertz CT molecular complexity index is 1830. The largest absolute Gasteiger partial charge is 0.497 e. The number of alkyl halides is 1. The van der Waals surface area contributed by atoms with Gasteiger partial charge in [0.25, 0.3) is 5.56 Å². The summed E-state index contributed by atoms with van der Waals surface area (Å²) in [5.41, 5.74) is -3.57. The van der Waals surface area contributed by atoms with E-state index in [-0.39, 0.29) is 0 Å². The zero-order valence-corrected chi connectivity index (χ0v) is 30.2. The highest BCUT2D eigenvalue weighted by Crippen LogP contribution is 2.48.